The Hall–Kier alpha value is -3.35. The molecule has 0 unspecified atom stereocenters. The third-order valence-electron chi connectivity index (χ3n) is 6.72. The summed E-state index contributed by atoms with van der Waals surface area (Å²) in [5, 5.41) is 2.02. The van der Waals surface area contributed by atoms with Gasteiger partial charge in [0, 0.05) is 35.5 Å². The molecule has 3 heterocycles. The lowest BCUT2D eigenvalue weighted by Gasteiger charge is -2.30. The zero-order valence-electron chi connectivity index (χ0n) is 22.8. The number of carbonyl (C=O) groups is 1. The summed E-state index contributed by atoms with van der Waals surface area (Å²) in [7, 11) is 4.08. The van der Waals surface area contributed by atoms with E-state index in [2.05, 4.69) is 35.2 Å². The number of nitrogens with zero attached hydrogens (tertiary/aromatic N) is 3. The van der Waals surface area contributed by atoms with Crippen LogP contribution < -0.4 is 4.74 Å². The molecule has 1 aliphatic heterocycles. The van der Waals surface area contributed by atoms with E-state index in [0.29, 0.717) is 6.61 Å². The predicted molar refractivity (Wildman–Crippen MR) is 148 cm³/mol. The fourth-order valence-electron chi connectivity index (χ4n) is 5.31. The van der Waals surface area contributed by atoms with Crippen molar-refractivity contribution < 1.29 is 14.3 Å². The largest absolute Gasteiger partial charge is 0.493 e. The van der Waals surface area contributed by atoms with Crippen molar-refractivity contribution in [1.82, 2.24) is 14.9 Å². The van der Waals surface area contributed by atoms with Crippen LogP contribution in [0.4, 0.5) is 0 Å². The van der Waals surface area contributed by atoms with E-state index in [9.17, 15) is 4.79 Å². The standard InChI is InChI=1S/C31H35N3O3/c1-18-16-24-22(9-8-21(33-24)17-34(6)7)28(26(18)30(19(2)35)37-31(3,4)5)23-10-11-25-27-20(13-15-36-25)12-14-32-29(23)27/h8-12,14,16,30H,13,15,17H2,1-7H3/t30-/m1/s1. The Morgan fingerprint density at radius 3 is 2.65 bits per heavy atom. The molecule has 0 bridgehead atoms. The number of aromatic nitrogens is 2. The normalized spacial score (nSPS) is 14.3. The second-order valence-corrected chi connectivity index (χ2v) is 11.2. The van der Waals surface area contributed by atoms with Gasteiger partial charge in [0.05, 0.1) is 28.9 Å². The van der Waals surface area contributed by atoms with Gasteiger partial charge in [0.1, 0.15) is 11.9 Å². The molecule has 0 fully saturated rings. The van der Waals surface area contributed by atoms with Crippen molar-refractivity contribution in [3.63, 3.8) is 0 Å². The third kappa shape index (κ3) is 4.83. The quantitative estimate of drug-likeness (QED) is 0.316. The number of Topliss-reactive ketones (excluding diaryl/α,β-unsaturated/α-hetero) is 1. The number of rotatable bonds is 6. The molecule has 6 heteroatoms. The van der Waals surface area contributed by atoms with Crippen LogP contribution in [0.5, 0.6) is 5.75 Å². The van der Waals surface area contributed by atoms with E-state index in [0.717, 1.165) is 68.5 Å². The third-order valence-corrected chi connectivity index (χ3v) is 6.72. The fraction of sp³-hybridized carbons (Fsp3) is 0.387. The highest BCUT2D eigenvalue weighted by atomic mass is 16.5. The van der Waals surface area contributed by atoms with Gasteiger partial charge in [-0.15, -0.1) is 0 Å². The van der Waals surface area contributed by atoms with Crippen molar-refractivity contribution in [2.24, 2.45) is 0 Å². The minimum Gasteiger partial charge on any atom is -0.493 e. The number of hydrogen-bond acceptors (Lipinski definition) is 6. The topological polar surface area (TPSA) is 64.5 Å². The summed E-state index contributed by atoms with van der Waals surface area (Å²) in [4.78, 5) is 25.1. The second-order valence-electron chi connectivity index (χ2n) is 11.2. The number of ketones is 1. The smallest absolute Gasteiger partial charge is 0.163 e. The number of benzene rings is 2. The average Bonchev–Trinajstić information content (AvgIpc) is 2.82. The summed E-state index contributed by atoms with van der Waals surface area (Å²) in [6.45, 7) is 11.0. The zero-order chi connectivity index (χ0) is 26.5. The first-order valence-corrected chi connectivity index (χ1v) is 12.8. The summed E-state index contributed by atoms with van der Waals surface area (Å²) in [6, 6.07) is 12.4. The molecule has 0 aliphatic carbocycles. The van der Waals surface area contributed by atoms with E-state index in [4.69, 9.17) is 19.4 Å². The van der Waals surface area contributed by atoms with E-state index in [1.807, 2.05) is 54.1 Å². The molecular weight excluding hydrogens is 462 g/mol. The van der Waals surface area contributed by atoms with Crippen LogP contribution in [0.15, 0.2) is 42.6 Å². The van der Waals surface area contributed by atoms with E-state index < -0.39 is 11.7 Å². The van der Waals surface area contributed by atoms with Crippen LogP contribution in [-0.4, -0.2) is 47.0 Å². The van der Waals surface area contributed by atoms with Crippen molar-refractivity contribution in [2.45, 2.75) is 59.3 Å². The number of fused-ring (bicyclic) bond motifs is 1. The molecule has 1 aliphatic rings. The van der Waals surface area contributed by atoms with Gasteiger partial charge in [0.25, 0.3) is 0 Å². The van der Waals surface area contributed by atoms with Gasteiger partial charge in [-0.25, -0.2) is 0 Å². The second kappa shape index (κ2) is 9.51. The first kappa shape index (κ1) is 25.3. The highest BCUT2D eigenvalue weighted by Gasteiger charge is 2.31. The molecule has 1 atom stereocenters. The zero-order valence-corrected chi connectivity index (χ0v) is 22.8. The van der Waals surface area contributed by atoms with Gasteiger partial charge in [-0.1, -0.05) is 6.07 Å². The summed E-state index contributed by atoms with van der Waals surface area (Å²) in [6.07, 6.45) is 1.99. The van der Waals surface area contributed by atoms with Gasteiger partial charge in [-0.2, -0.15) is 0 Å². The maximum Gasteiger partial charge on any atom is 0.163 e. The first-order valence-electron chi connectivity index (χ1n) is 12.8. The van der Waals surface area contributed by atoms with E-state index in [-0.39, 0.29) is 5.78 Å². The molecule has 37 heavy (non-hydrogen) atoms. The van der Waals surface area contributed by atoms with Crippen LogP contribution in [0, 0.1) is 6.92 Å². The highest BCUT2D eigenvalue weighted by molar-refractivity contribution is 6.08. The van der Waals surface area contributed by atoms with Crippen LogP contribution >= 0.6 is 0 Å². The highest BCUT2D eigenvalue weighted by Crippen LogP contribution is 2.45. The molecule has 0 N–H and O–H groups in total. The van der Waals surface area contributed by atoms with Crippen molar-refractivity contribution in [2.75, 3.05) is 20.7 Å². The molecule has 0 saturated carbocycles. The van der Waals surface area contributed by atoms with E-state index >= 15 is 0 Å². The van der Waals surface area contributed by atoms with Gasteiger partial charge in [-0.05, 0) is 101 Å². The Morgan fingerprint density at radius 2 is 1.95 bits per heavy atom. The Labute approximate surface area is 218 Å². The van der Waals surface area contributed by atoms with E-state index in [1.165, 1.54) is 5.56 Å². The van der Waals surface area contributed by atoms with Crippen LogP contribution in [-0.2, 0) is 22.5 Å². The predicted octanol–water partition coefficient (Wildman–Crippen LogP) is 6.20. The van der Waals surface area contributed by atoms with Crippen LogP contribution in [0.25, 0.3) is 32.9 Å². The van der Waals surface area contributed by atoms with Gasteiger partial charge in [-0.3, -0.25) is 14.8 Å². The van der Waals surface area contributed by atoms with Crippen LogP contribution in [0.3, 0.4) is 0 Å². The summed E-state index contributed by atoms with van der Waals surface area (Å²) in [5.74, 6) is 0.821. The lowest BCUT2D eigenvalue weighted by atomic mass is 9.85. The Morgan fingerprint density at radius 1 is 1.16 bits per heavy atom. The Bertz CT molecular complexity index is 1510. The molecule has 5 rings (SSSR count). The monoisotopic (exact) mass is 497 g/mol. The number of carbonyl (C=O) groups excluding carboxylic acids is 1. The molecule has 2 aromatic carbocycles. The first-order chi connectivity index (χ1) is 17.5. The molecule has 6 nitrogen and oxygen atoms in total. The molecule has 0 radical (unpaired) electrons. The number of hydrogen-bond donors (Lipinski definition) is 0. The molecule has 4 aromatic rings. The number of ether oxygens (including phenoxy) is 2. The van der Waals surface area contributed by atoms with Crippen molar-refractivity contribution in [3.05, 3.63) is 65.0 Å². The molecular formula is C31H35N3O3. The van der Waals surface area contributed by atoms with Gasteiger partial charge in [0.15, 0.2) is 5.78 Å². The van der Waals surface area contributed by atoms with Gasteiger partial charge >= 0.3 is 0 Å². The molecule has 0 amide bonds. The molecule has 192 valence electrons. The van der Waals surface area contributed by atoms with Crippen LogP contribution in [0.1, 0.15) is 56.2 Å². The SMILES string of the molecule is CC(=O)[C@@H](OC(C)(C)C)c1c(C)cc2nc(CN(C)C)ccc2c1-c1ccc2c3c(ccnc13)CCO2. The summed E-state index contributed by atoms with van der Waals surface area (Å²) >= 11 is 0. The van der Waals surface area contributed by atoms with Crippen molar-refractivity contribution >= 4 is 27.6 Å². The van der Waals surface area contributed by atoms with Gasteiger partial charge in [0.2, 0.25) is 0 Å². The van der Waals surface area contributed by atoms with Gasteiger partial charge < -0.3 is 14.4 Å². The van der Waals surface area contributed by atoms with Crippen LogP contribution in [0.2, 0.25) is 0 Å². The molecule has 0 saturated heterocycles. The Kier molecular flexibility index (Phi) is 6.50. The van der Waals surface area contributed by atoms with Crippen molar-refractivity contribution in [3.8, 4) is 16.9 Å². The van der Waals surface area contributed by atoms with E-state index in [1.54, 1.807) is 6.92 Å². The molecule has 2 aromatic heterocycles. The summed E-state index contributed by atoms with van der Waals surface area (Å²) < 4.78 is 12.4. The lowest BCUT2D eigenvalue weighted by molar-refractivity contribution is -0.138. The average molecular weight is 498 g/mol. The Balaban J connectivity index is 1.88. The number of pyridine rings is 2. The lowest BCUT2D eigenvalue weighted by Crippen LogP contribution is -2.27. The summed E-state index contributed by atoms with van der Waals surface area (Å²) in [5.41, 5.74) is 7.23. The maximum absolute atomic E-state index is 13.1. The minimum atomic E-state index is -0.720. The minimum absolute atomic E-state index is 0.0326. The van der Waals surface area contributed by atoms with Crippen molar-refractivity contribution in [1.29, 1.82) is 0 Å². The maximum atomic E-state index is 13.1. The molecule has 0 spiro atoms. The fourth-order valence-corrected chi connectivity index (χ4v) is 5.31. The number of aryl methyl sites for hydroxylation is 1.